The van der Waals surface area contributed by atoms with E-state index in [0.29, 0.717) is 6.54 Å². The van der Waals surface area contributed by atoms with Crippen molar-refractivity contribution >= 4 is 18.0 Å². The van der Waals surface area contributed by atoms with Crippen LogP contribution in [-0.2, 0) is 14.3 Å². The standard InChI is InChI=1S/C19H25NO4/c1-14(2)24-17-6-4-5-15(13-17)7-10-18(21)20(16-8-9-16)12-11-19(22)23-3/h4-7,10,13-14,16H,8-9,11-12H2,1-3H3/b10-7+. The lowest BCUT2D eigenvalue weighted by atomic mass is 10.2. The summed E-state index contributed by atoms with van der Waals surface area (Å²) in [6, 6.07) is 7.87. The van der Waals surface area contributed by atoms with Gasteiger partial charge in [0.05, 0.1) is 19.6 Å². The minimum absolute atomic E-state index is 0.0726. The van der Waals surface area contributed by atoms with E-state index in [4.69, 9.17) is 4.74 Å². The van der Waals surface area contributed by atoms with Crippen molar-refractivity contribution in [3.05, 3.63) is 35.9 Å². The molecule has 1 saturated carbocycles. The van der Waals surface area contributed by atoms with Gasteiger partial charge in [0.15, 0.2) is 0 Å². The van der Waals surface area contributed by atoms with Crippen LogP contribution in [0.2, 0.25) is 0 Å². The summed E-state index contributed by atoms with van der Waals surface area (Å²) in [4.78, 5) is 25.5. The molecule has 1 fully saturated rings. The van der Waals surface area contributed by atoms with Gasteiger partial charge in [0.25, 0.3) is 0 Å². The highest BCUT2D eigenvalue weighted by Crippen LogP contribution is 2.27. The monoisotopic (exact) mass is 331 g/mol. The molecule has 0 spiro atoms. The average Bonchev–Trinajstić information content (AvgIpc) is 3.37. The quantitative estimate of drug-likeness (QED) is 0.543. The molecular weight excluding hydrogens is 306 g/mol. The number of hydrogen-bond acceptors (Lipinski definition) is 4. The van der Waals surface area contributed by atoms with Gasteiger partial charge in [0, 0.05) is 18.7 Å². The Morgan fingerprint density at radius 3 is 2.71 bits per heavy atom. The van der Waals surface area contributed by atoms with Gasteiger partial charge in [0.2, 0.25) is 5.91 Å². The topological polar surface area (TPSA) is 55.8 Å². The molecule has 0 heterocycles. The van der Waals surface area contributed by atoms with Crippen LogP contribution in [0, 0.1) is 0 Å². The van der Waals surface area contributed by atoms with Crippen molar-refractivity contribution in [3.63, 3.8) is 0 Å². The van der Waals surface area contributed by atoms with E-state index in [1.165, 1.54) is 7.11 Å². The van der Waals surface area contributed by atoms with E-state index in [1.807, 2.05) is 38.1 Å². The van der Waals surface area contributed by atoms with Crippen molar-refractivity contribution in [2.75, 3.05) is 13.7 Å². The molecule has 0 unspecified atom stereocenters. The fraction of sp³-hybridized carbons (Fsp3) is 0.474. The van der Waals surface area contributed by atoms with Crippen molar-refractivity contribution in [1.29, 1.82) is 0 Å². The summed E-state index contributed by atoms with van der Waals surface area (Å²) < 4.78 is 10.3. The van der Waals surface area contributed by atoms with Gasteiger partial charge in [-0.2, -0.15) is 0 Å². The highest BCUT2D eigenvalue weighted by atomic mass is 16.5. The van der Waals surface area contributed by atoms with Gasteiger partial charge in [-0.1, -0.05) is 12.1 Å². The predicted octanol–water partition coefficient (Wildman–Crippen LogP) is 3.04. The molecule has 5 heteroatoms. The second-order valence-corrected chi connectivity index (χ2v) is 6.16. The first-order valence-corrected chi connectivity index (χ1v) is 8.32. The van der Waals surface area contributed by atoms with Crippen molar-refractivity contribution in [2.45, 2.75) is 45.3 Å². The van der Waals surface area contributed by atoms with E-state index in [-0.39, 0.29) is 30.4 Å². The summed E-state index contributed by atoms with van der Waals surface area (Å²) >= 11 is 0. The largest absolute Gasteiger partial charge is 0.491 e. The Hall–Kier alpha value is -2.30. The minimum Gasteiger partial charge on any atom is -0.491 e. The highest BCUT2D eigenvalue weighted by Gasteiger charge is 2.31. The molecule has 1 aliphatic rings. The molecule has 0 atom stereocenters. The van der Waals surface area contributed by atoms with Crippen LogP contribution in [0.4, 0.5) is 0 Å². The second kappa shape index (κ2) is 8.52. The lowest BCUT2D eigenvalue weighted by molar-refractivity contribution is -0.141. The molecule has 1 aliphatic carbocycles. The van der Waals surface area contributed by atoms with Crippen LogP contribution in [0.3, 0.4) is 0 Å². The summed E-state index contributed by atoms with van der Waals surface area (Å²) in [7, 11) is 1.36. The molecule has 5 nitrogen and oxygen atoms in total. The molecular formula is C19H25NO4. The van der Waals surface area contributed by atoms with E-state index in [0.717, 1.165) is 24.2 Å². The molecule has 0 aromatic heterocycles. The molecule has 1 amide bonds. The highest BCUT2D eigenvalue weighted by molar-refractivity contribution is 5.92. The molecule has 1 aromatic rings. The average molecular weight is 331 g/mol. The SMILES string of the molecule is COC(=O)CCN(C(=O)/C=C/c1cccc(OC(C)C)c1)C1CC1. The number of esters is 1. The number of nitrogens with zero attached hydrogens (tertiary/aromatic N) is 1. The Morgan fingerprint density at radius 2 is 2.08 bits per heavy atom. The lowest BCUT2D eigenvalue weighted by Crippen LogP contribution is -2.33. The zero-order chi connectivity index (χ0) is 17.5. The lowest BCUT2D eigenvalue weighted by Gasteiger charge is -2.20. The third-order valence-corrected chi connectivity index (χ3v) is 3.70. The van der Waals surface area contributed by atoms with Crippen molar-refractivity contribution in [3.8, 4) is 5.75 Å². The number of ether oxygens (including phenoxy) is 2. The first-order valence-electron chi connectivity index (χ1n) is 8.32. The van der Waals surface area contributed by atoms with Crippen LogP contribution in [-0.4, -0.2) is 42.6 Å². The van der Waals surface area contributed by atoms with Gasteiger partial charge in [-0.15, -0.1) is 0 Å². The maximum absolute atomic E-state index is 12.4. The second-order valence-electron chi connectivity index (χ2n) is 6.16. The number of hydrogen-bond donors (Lipinski definition) is 0. The van der Waals surface area contributed by atoms with Gasteiger partial charge in [-0.3, -0.25) is 9.59 Å². The number of carbonyl (C=O) groups excluding carboxylic acids is 2. The molecule has 0 aliphatic heterocycles. The molecule has 0 radical (unpaired) electrons. The minimum atomic E-state index is -0.295. The van der Waals surface area contributed by atoms with E-state index in [1.54, 1.807) is 17.1 Å². The number of benzene rings is 1. The number of carbonyl (C=O) groups is 2. The fourth-order valence-electron chi connectivity index (χ4n) is 2.40. The predicted molar refractivity (Wildman–Crippen MR) is 92.6 cm³/mol. The fourth-order valence-corrected chi connectivity index (χ4v) is 2.40. The Balaban J connectivity index is 1.98. The van der Waals surface area contributed by atoms with Crippen LogP contribution < -0.4 is 4.74 Å². The van der Waals surface area contributed by atoms with Crippen LogP contribution >= 0.6 is 0 Å². The molecule has 0 N–H and O–H groups in total. The van der Waals surface area contributed by atoms with Gasteiger partial charge in [-0.05, 0) is 50.5 Å². The van der Waals surface area contributed by atoms with E-state index in [2.05, 4.69) is 4.74 Å². The van der Waals surface area contributed by atoms with Crippen molar-refractivity contribution in [2.24, 2.45) is 0 Å². The Kier molecular flexibility index (Phi) is 6.41. The van der Waals surface area contributed by atoms with E-state index < -0.39 is 0 Å². The number of amides is 1. The summed E-state index contributed by atoms with van der Waals surface area (Å²) in [5.41, 5.74) is 0.908. The smallest absolute Gasteiger partial charge is 0.307 e. The van der Waals surface area contributed by atoms with Crippen molar-refractivity contribution < 1.29 is 19.1 Å². The summed E-state index contributed by atoms with van der Waals surface area (Å²) in [5.74, 6) is 0.414. The number of rotatable bonds is 8. The van der Waals surface area contributed by atoms with E-state index in [9.17, 15) is 9.59 Å². The summed E-state index contributed by atoms with van der Waals surface area (Å²) in [6.07, 6.45) is 5.67. The zero-order valence-electron chi connectivity index (χ0n) is 14.5. The number of methoxy groups -OCH3 is 1. The third-order valence-electron chi connectivity index (χ3n) is 3.70. The Bertz CT molecular complexity index is 605. The molecule has 0 bridgehead atoms. The van der Waals surface area contributed by atoms with Crippen LogP contribution in [0.25, 0.3) is 6.08 Å². The van der Waals surface area contributed by atoms with Crippen LogP contribution in [0.5, 0.6) is 5.75 Å². The maximum atomic E-state index is 12.4. The zero-order valence-corrected chi connectivity index (χ0v) is 14.5. The maximum Gasteiger partial charge on any atom is 0.307 e. The van der Waals surface area contributed by atoms with Crippen LogP contribution in [0.15, 0.2) is 30.3 Å². The molecule has 2 rings (SSSR count). The normalized spacial score (nSPS) is 14.0. The Labute approximate surface area is 143 Å². The van der Waals surface area contributed by atoms with Crippen LogP contribution in [0.1, 0.15) is 38.7 Å². The molecule has 0 saturated heterocycles. The van der Waals surface area contributed by atoms with Gasteiger partial charge < -0.3 is 14.4 Å². The van der Waals surface area contributed by atoms with E-state index >= 15 is 0 Å². The molecule has 130 valence electrons. The van der Waals surface area contributed by atoms with Gasteiger partial charge in [0.1, 0.15) is 5.75 Å². The Morgan fingerprint density at radius 1 is 1.33 bits per heavy atom. The van der Waals surface area contributed by atoms with Gasteiger partial charge in [-0.25, -0.2) is 0 Å². The first kappa shape index (κ1) is 18.0. The first-order chi connectivity index (χ1) is 11.5. The summed E-state index contributed by atoms with van der Waals surface area (Å²) in [5, 5.41) is 0. The molecule has 1 aromatic carbocycles. The summed E-state index contributed by atoms with van der Waals surface area (Å²) in [6.45, 7) is 4.35. The van der Waals surface area contributed by atoms with Gasteiger partial charge >= 0.3 is 5.97 Å². The molecule has 24 heavy (non-hydrogen) atoms. The third kappa shape index (κ3) is 5.72. The van der Waals surface area contributed by atoms with Crippen molar-refractivity contribution in [1.82, 2.24) is 4.90 Å².